The zero-order valence-electron chi connectivity index (χ0n) is 22.5. The summed E-state index contributed by atoms with van der Waals surface area (Å²) in [6.07, 6.45) is 0. The van der Waals surface area contributed by atoms with Gasteiger partial charge in [-0.1, -0.05) is 52.3 Å². The summed E-state index contributed by atoms with van der Waals surface area (Å²) >= 11 is 3.25. The van der Waals surface area contributed by atoms with Gasteiger partial charge in [-0.05, 0) is 60.7 Å². The van der Waals surface area contributed by atoms with E-state index >= 15 is 4.39 Å². The fraction of sp³-hybridized carbons (Fsp3) is 0.345. The van der Waals surface area contributed by atoms with Crippen LogP contribution in [0, 0.1) is 26.6 Å². The zero-order valence-corrected chi connectivity index (χ0v) is 24.9. The Morgan fingerprint density at radius 2 is 1.69 bits per heavy atom. The fourth-order valence-corrected chi connectivity index (χ4v) is 6.80. The number of hydrogen-bond acceptors (Lipinski definition) is 5. The molecule has 0 spiro atoms. The monoisotopic (exact) mass is 618 g/mol. The fourth-order valence-electron chi connectivity index (χ4n) is 4.67. The van der Waals surface area contributed by atoms with Gasteiger partial charge in [0.1, 0.15) is 17.3 Å². The quantitative estimate of drug-likeness (QED) is 0.338. The molecule has 1 saturated heterocycles. The third-order valence-corrected chi connectivity index (χ3v) is 9.10. The number of amides is 1. The minimum atomic E-state index is -4.14. The van der Waals surface area contributed by atoms with Crippen molar-refractivity contribution in [3.05, 3.63) is 92.2 Å². The van der Waals surface area contributed by atoms with E-state index in [1.54, 1.807) is 7.05 Å². The third-order valence-electron chi connectivity index (χ3n) is 6.74. The highest BCUT2D eigenvalue weighted by atomic mass is 79.9. The summed E-state index contributed by atoms with van der Waals surface area (Å²) in [5.41, 5.74) is 4.65. The predicted octanol–water partition coefficient (Wildman–Crippen LogP) is 5.39. The number of hydrogen-bond donors (Lipinski definition) is 0. The summed E-state index contributed by atoms with van der Waals surface area (Å²) in [6.45, 7) is 7.31. The maximum Gasteiger partial charge on any atom is 0.256 e. The van der Waals surface area contributed by atoms with Crippen LogP contribution in [-0.4, -0.2) is 56.9 Å². The number of sulfonamides is 1. The van der Waals surface area contributed by atoms with Crippen molar-refractivity contribution in [2.45, 2.75) is 38.8 Å². The Balaban J connectivity index is 1.53. The molecule has 0 N–H and O–H groups in total. The maximum atomic E-state index is 15.6. The van der Waals surface area contributed by atoms with Crippen LogP contribution in [0.2, 0.25) is 0 Å². The zero-order chi connectivity index (χ0) is 28.3. The molecule has 0 unspecified atom stereocenters. The van der Waals surface area contributed by atoms with Crippen molar-refractivity contribution in [3.8, 4) is 5.75 Å². The van der Waals surface area contributed by atoms with Crippen LogP contribution in [0.15, 0.2) is 57.9 Å². The molecular weight excluding hydrogens is 587 g/mol. The van der Waals surface area contributed by atoms with E-state index in [-0.39, 0.29) is 38.4 Å². The van der Waals surface area contributed by atoms with E-state index in [9.17, 15) is 13.2 Å². The Morgan fingerprint density at radius 1 is 1.05 bits per heavy atom. The smallest absolute Gasteiger partial charge is 0.256 e. The number of ether oxygens (including phenoxy) is 2. The highest BCUT2D eigenvalue weighted by molar-refractivity contribution is 9.10. The summed E-state index contributed by atoms with van der Waals surface area (Å²) in [4.78, 5) is 14.2. The van der Waals surface area contributed by atoms with Gasteiger partial charge < -0.3 is 14.4 Å². The van der Waals surface area contributed by atoms with Crippen LogP contribution in [0.4, 0.5) is 4.39 Å². The number of nitrogens with zero attached hydrogens (tertiary/aromatic N) is 2. The van der Waals surface area contributed by atoms with Crippen molar-refractivity contribution in [2.24, 2.45) is 0 Å². The number of aryl methyl sites for hydroxylation is 3. The van der Waals surface area contributed by atoms with E-state index in [0.717, 1.165) is 33.6 Å². The van der Waals surface area contributed by atoms with Crippen molar-refractivity contribution in [2.75, 3.05) is 33.4 Å². The molecule has 1 aliphatic heterocycles. The first-order valence-corrected chi connectivity index (χ1v) is 14.8. The van der Waals surface area contributed by atoms with Gasteiger partial charge in [0.15, 0.2) is 5.82 Å². The molecule has 10 heteroatoms. The topological polar surface area (TPSA) is 76.2 Å². The molecule has 208 valence electrons. The summed E-state index contributed by atoms with van der Waals surface area (Å²) in [6, 6.07) is 14.4. The summed E-state index contributed by atoms with van der Waals surface area (Å²) in [5.74, 6) is -0.900. The number of benzene rings is 3. The minimum Gasteiger partial charge on any atom is -0.488 e. The normalized spacial score (nSPS) is 14.3. The Morgan fingerprint density at radius 3 is 2.33 bits per heavy atom. The Kier molecular flexibility index (Phi) is 9.10. The number of halogens is 2. The van der Waals surface area contributed by atoms with Crippen molar-refractivity contribution in [1.82, 2.24) is 9.21 Å². The van der Waals surface area contributed by atoms with Gasteiger partial charge in [0.2, 0.25) is 10.0 Å². The molecule has 7 nitrogen and oxygen atoms in total. The summed E-state index contributed by atoms with van der Waals surface area (Å²) < 4.78 is 54.7. The van der Waals surface area contributed by atoms with E-state index in [2.05, 4.69) is 15.9 Å². The standard InChI is InChI=1S/C29H32BrFN2O5S/c1-19-7-5-6-8-23(19)18-38-28-20(2)13-22(14-21(28)3)17-32(4)29(34)25-15-24(30)16-26(27(25)31)39(35,36)33-9-11-37-12-10-33/h5-8,13-16H,9-12,17-18H2,1-4H3. The first kappa shape index (κ1) is 29.2. The third kappa shape index (κ3) is 6.51. The highest BCUT2D eigenvalue weighted by Gasteiger charge is 2.32. The van der Waals surface area contributed by atoms with E-state index < -0.39 is 26.6 Å². The number of carbonyl (C=O) groups excluding carboxylic acids is 1. The van der Waals surface area contributed by atoms with Gasteiger partial charge in [-0.2, -0.15) is 4.31 Å². The van der Waals surface area contributed by atoms with Crippen molar-refractivity contribution < 1.29 is 27.1 Å². The van der Waals surface area contributed by atoms with Crippen LogP contribution in [-0.2, 0) is 27.9 Å². The van der Waals surface area contributed by atoms with Crippen LogP contribution in [0.1, 0.15) is 38.2 Å². The number of rotatable bonds is 8. The Labute approximate surface area is 237 Å². The van der Waals surface area contributed by atoms with Crippen LogP contribution in [0.5, 0.6) is 5.75 Å². The summed E-state index contributed by atoms with van der Waals surface area (Å²) in [7, 11) is -2.57. The molecule has 39 heavy (non-hydrogen) atoms. The van der Waals surface area contributed by atoms with Gasteiger partial charge >= 0.3 is 0 Å². The molecule has 1 amide bonds. The van der Waals surface area contributed by atoms with Gasteiger partial charge in [0.25, 0.3) is 5.91 Å². The van der Waals surface area contributed by atoms with Gasteiger partial charge in [-0.25, -0.2) is 12.8 Å². The molecule has 0 atom stereocenters. The van der Waals surface area contributed by atoms with E-state index in [4.69, 9.17) is 9.47 Å². The first-order chi connectivity index (χ1) is 18.5. The molecule has 4 rings (SSSR count). The highest BCUT2D eigenvalue weighted by Crippen LogP contribution is 2.30. The molecule has 3 aromatic rings. The van der Waals surface area contributed by atoms with Crippen LogP contribution >= 0.6 is 15.9 Å². The molecule has 0 aliphatic carbocycles. The maximum absolute atomic E-state index is 15.6. The lowest BCUT2D eigenvalue weighted by Gasteiger charge is -2.26. The van der Waals surface area contributed by atoms with Gasteiger partial charge in [0.05, 0.1) is 18.8 Å². The Hall–Kier alpha value is -2.79. The average Bonchev–Trinajstić information content (AvgIpc) is 2.90. The van der Waals surface area contributed by atoms with E-state index in [1.807, 2.05) is 57.2 Å². The van der Waals surface area contributed by atoms with Crippen molar-refractivity contribution in [3.63, 3.8) is 0 Å². The largest absolute Gasteiger partial charge is 0.488 e. The van der Waals surface area contributed by atoms with Crippen LogP contribution in [0.25, 0.3) is 0 Å². The lowest BCUT2D eigenvalue weighted by atomic mass is 10.0. The van der Waals surface area contributed by atoms with E-state index in [0.29, 0.717) is 11.1 Å². The van der Waals surface area contributed by atoms with Crippen molar-refractivity contribution in [1.29, 1.82) is 0 Å². The van der Waals surface area contributed by atoms with Gasteiger partial charge in [-0.15, -0.1) is 0 Å². The second-order valence-corrected chi connectivity index (χ2v) is 12.5. The van der Waals surface area contributed by atoms with E-state index in [1.165, 1.54) is 21.3 Å². The average molecular weight is 620 g/mol. The molecule has 0 radical (unpaired) electrons. The SMILES string of the molecule is Cc1ccccc1COc1c(C)cc(CN(C)C(=O)c2cc(Br)cc(S(=O)(=O)N3CCOCC3)c2F)cc1C. The predicted molar refractivity (Wildman–Crippen MR) is 151 cm³/mol. The first-order valence-electron chi connectivity index (χ1n) is 12.6. The van der Waals surface area contributed by atoms with Crippen LogP contribution < -0.4 is 4.74 Å². The van der Waals surface area contributed by atoms with Gasteiger partial charge in [-0.3, -0.25) is 4.79 Å². The van der Waals surface area contributed by atoms with Crippen molar-refractivity contribution >= 4 is 31.9 Å². The molecule has 1 heterocycles. The second kappa shape index (κ2) is 12.2. The molecular formula is C29H32BrFN2O5S. The minimum absolute atomic E-state index is 0.126. The molecule has 3 aromatic carbocycles. The molecule has 1 fully saturated rings. The molecule has 1 aliphatic rings. The number of morpholine rings is 1. The summed E-state index contributed by atoms with van der Waals surface area (Å²) in [5, 5.41) is 0. The van der Waals surface area contributed by atoms with Crippen LogP contribution in [0.3, 0.4) is 0 Å². The molecule has 0 saturated carbocycles. The Bertz CT molecular complexity index is 1470. The number of carbonyl (C=O) groups is 1. The molecule has 0 aromatic heterocycles. The molecule has 0 bridgehead atoms. The second-order valence-electron chi connectivity index (χ2n) is 9.72. The van der Waals surface area contributed by atoms with Gasteiger partial charge in [0, 0.05) is 31.2 Å². The lowest BCUT2D eigenvalue weighted by Crippen LogP contribution is -2.41. The lowest BCUT2D eigenvalue weighted by molar-refractivity contribution is 0.0728.